The Kier molecular flexibility index (Phi) is 5.27. The molecular formula is C15H21NO4. The lowest BCUT2D eigenvalue weighted by molar-refractivity contribution is -0.153. The number of rotatable bonds is 5. The first-order valence-corrected chi connectivity index (χ1v) is 6.45. The average molecular weight is 279 g/mol. The van der Waals surface area contributed by atoms with Crippen LogP contribution in [-0.4, -0.2) is 29.2 Å². The lowest BCUT2D eigenvalue weighted by Crippen LogP contribution is -2.31. The number of carbonyl (C=O) groups is 2. The molecule has 0 radical (unpaired) electrons. The first-order valence-electron chi connectivity index (χ1n) is 6.45. The van der Waals surface area contributed by atoms with Crippen molar-refractivity contribution in [3.63, 3.8) is 0 Å². The fourth-order valence-electron chi connectivity index (χ4n) is 1.78. The fourth-order valence-corrected chi connectivity index (χ4v) is 1.78. The van der Waals surface area contributed by atoms with Gasteiger partial charge in [-0.3, -0.25) is 4.79 Å². The molecule has 0 aromatic heterocycles. The van der Waals surface area contributed by atoms with E-state index in [0.29, 0.717) is 12.1 Å². The van der Waals surface area contributed by atoms with E-state index in [0.717, 1.165) is 5.56 Å². The van der Waals surface area contributed by atoms with Gasteiger partial charge < -0.3 is 15.2 Å². The second-order valence-corrected chi connectivity index (χ2v) is 5.58. The van der Waals surface area contributed by atoms with Gasteiger partial charge in [0.15, 0.2) is 0 Å². The van der Waals surface area contributed by atoms with Gasteiger partial charge >= 0.3 is 11.9 Å². The van der Waals surface area contributed by atoms with Gasteiger partial charge in [-0.2, -0.15) is 0 Å². The lowest BCUT2D eigenvalue weighted by atomic mass is 10.0. The van der Waals surface area contributed by atoms with Crippen molar-refractivity contribution in [3.8, 4) is 0 Å². The molecule has 0 bridgehead atoms. The SMILES string of the molecule is Cc1c(CNCC(=O)OC(C)(C)C)cccc1C(=O)O. The minimum Gasteiger partial charge on any atom is -0.478 e. The Labute approximate surface area is 118 Å². The van der Waals surface area contributed by atoms with Crippen LogP contribution in [0.3, 0.4) is 0 Å². The monoisotopic (exact) mass is 279 g/mol. The summed E-state index contributed by atoms with van der Waals surface area (Å²) in [6.07, 6.45) is 0. The molecule has 1 rings (SSSR count). The van der Waals surface area contributed by atoms with Crippen LogP contribution in [0.1, 0.15) is 42.3 Å². The molecular weight excluding hydrogens is 258 g/mol. The molecule has 0 atom stereocenters. The molecule has 0 heterocycles. The van der Waals surface area contributed by atoms with Crippen LogP contribution in [-0.2, 0) is 16.1 Å². The molecule has 0 spiro atoms. The predicted octanol–water partition coefficient (Wildman–Crippen LogP) is 2.12. The van der Waals surface area contributed by atoms with E-state index in [1.165, 1.54) is 0 Å². The first-order chi connectivity index (χ1) is 9.20. The van der Waals surface area contributed by atoms with E-state index in [-0.39, 0.29) is 18.1 Å². The van der Waals surface area contributed by atoms with Gasteiger partial charge in [-0.1, -0.05) is 12.1 Å². The highest BCUT2D eigenvalue weighted by atomic mass is 16.6. The number of benzene rings is 1. The number of carboxylic acid groups (broad SMARTS) is 1. The van der Waals surface area contributed by atoms with E-state index in [1.54, 1.807) is 19.1 Å². The highest BCUT2D eigenvalue weighted by Gasteiger charge is 2.16. The Morgan fingerprint density at radius 3 is 2.50 bits per heavy atom. The average Bonchev–Trinajstić information content (AvgIpc) is 2.28. The van der Waals surface area contributed by atoms with Gasteiger partial charge in [-0.05, 0) is 44.9 Å². The van der Waals surface area contributed by atoms with Crippen LogP contribution < -0.4 is 5.32 Å². The van der Waals surface area contributed by atoms with Crippen molar-refractivity contribution < 1.29 is 19.4 Å². The maximum Gasteiger partial charge on any atom is 0.335 e. The molecule has 1 aromatic rings. The zero-order chi connectivity index (χ0) is 15.3. The number of hydrogen-bond acceptors (Lipinski definition) is 4. The molecule has 110 valence electrons. The van der Waals surface area contributed by atoms with Crippen LogP contribution in [0.25, 0.3) is 0 Å². The fraction of sp³-hybridized carbons (Fsp3) is 0.467. The summed E-state index contributed by atoms with van der Waals surface area (Å²) in [7, 11) is 0. The molecule has 5 heteroatoms. The molecule has 0 amide bonds. The van der Waals surface area contributed by atoms with E-state index < -0.39 is 11.6 Å². The zero-order valence-corrected chi connectivity index (χ0v) is 12.3. The number of carbonyl (C=O) groups excluding carboxylic acids is 1. The Hall–Kier alpha value is -1.88. The van der Waals surface area contributed by atoms with Crippen LogP contribution >= 0.6 is 0 Å². The summed E-state index contributed by atoms with van der Waals surface area (Å²) < 4.78 is 5.17. The van der Waals surface area contributed by atoms with Gasteiger partial charge in [0.2, 0.25) is 0 Å². The highest BCUT2D eigenvalue weighted by molar-refractivity contribution is 5.89. The van der Waals surface area contributed by atoms with Crippen LogP contribution in [0, 0.1) is 6.92 Å². The van der Waals surface area contributed by atoms with Crippen LogP contribution in [0.5, 0.6) is 0 Å². The van der Waals surface area contributed by atoms with Crippen LogP contribution in [0.4, 0.5) is 0 Å². The van der Waals surface area contributed by atoms with Crippen molar-refractivity contribution in [2.24, 2.45) is 0 Å². The van der Waals surface area contributed by atoms with Crippen LogP contribution in [0.15, 0.2) is 18.2 Å². The minimum absolute atomic E-state index is 0.0913. The maximum absolute atomic E-state index is 11.5. The Morgan fingerprint density at radius 2 is 1.95 bits per heavy atom. The number of aromatic carboxylic acids is 1. The number of esters is 1. The molecule has 0 aliphatic rings. The first kappa shape index (κ1) is 16.2. The standard InChI is InChI=1S/C15H21NO4/c1-10-11(6-5-7-12(10)14(18)19)8-16-9-13(17)20-15(2,3)4/h5-7,16H,8-9H2,1-4H3,(H,18,19). The maximum atomic E-state index is 11.5. The van der Waals surface area contributed by atoms with Crippen LogP contribution in [0.2, 0.25) is 0 Å². The summed E-state index contributed by atoms with van der Waals surface area (Å²) in [6, 6.07) is 5.10. The van der Waals surface area contributed by atoms with E-state index >= 15 is 0 Å². The van der Waals surface area contributed by atoms with E-state index in [2.05, 4.69) is 5.32 Å². The van der Waals surface area contributed by atoms with Crippen molar-refractivity contribution in [1.29, 1.82) is 0 Å². The molecule has 0 unspecified atom stereocenters. The third kappa shape index (κ3) is 5.01. The minimum atomic E-state index is -0.948. The van der Waals surface area contributed by atoms with Gasteiger partial charge in [-0.15, -0.1) is 0 Å². The summed E-state index contributed by atoms with van der Waals surface area (Å²) in [5.74, 6) is -1.28. The van der Waals surface area contributed by atoms with Crippen molar-refractivity contribution in [3.05, 3.63) is 34.9 Å². The van der Waals surface area contributed by atoms with Gasteiger partial charge in [-0.25, -0.2) is 4.79 Å². The second kappa shape index (κ2) is 6.52. The van der Waals surface area contributed by atoms with Gasteiger partial charge in [0.25, 0.3) is 0 Å². The van der Waals surface area contributed by atoms with E-state index in [4.69, 9.17) is 9.84 Å². The summed E-state index contributed by atoms with van der Waals surface area (Å²) in [5.41, 5.74) is 1.34. The van der Waals surface area contributed by atoms with E-state index in [1.807, 2.05) is 26.8 Å². The molecule has 0 aliphatic carbocycles. The lowest BCUT2D eigenvalue weighted by Gasteiger charge is -2.19. The summed E-state index contributed by atoms with van der Waals surface area (Å²) >= 11 is 0. The molecule has 0 aliphatic heterocycles. The van der Waals surface area contributed by atoms with Gasteiger partial charge in [0, 0.05) is 6.54 Å². The third-order valence-corrected chi connectivity index (χ3v) is 2.68. The normalized spacial score (nSPS) is 11.2. The molecule has 20 heavy (non-hydrogen) atoms. The quantitative estimate of drug-likeness (QED) is 0.807. The molecule has 0 saturated heterocycles. The Bertz CT molecular complexity index is 503. The van der Waals surface area contributed by atoms with Crippen molar-refractivity contribution in [2.45, 2.75) is 39.8 Å². The molecule has 5 nitrogen and oxygen atoms in total. The largest absolute Gasteiger partial charge is 0.478 e. The summed E-state index contributed by atoms with van der Waals surface area (Å²) in [4.78, 5) is 22.5. The Morgan fingerprint density at radius 1 is 1.30 bits per heavy atom. The molecule has 2 N–H and O–H groups in total. The summed E-state index contributed by atoms with van der Waals surface area (Å²) in [5, 5.41) is 12.0. The number of hydrogen-bond donors (Lipinski definition) is 2. The van der Waals surface area contributed by atoms with Gasteiger partial charge in [0.1, 0.15) is 5.60 Å². The van der Waals surface area contributed by atoms with E-state index in [9.17, 15) is 9.59 Å². The second-order valence-electron chi connectivity index (χ2n) is 5.58. The molecule has 0 saturated carbocycles. The van der Waals surface area contributed by atoms with Gasteiger partial charge in [0.05, 0.1) is 12.1 Å². The van der Waals surface area contributed by atoms with Crippen molar-refractivity contribution in [1.82, 2.24) is 5.32 Å². The molecule has 1 aromatic carbocycles. The smallest absolute Gasteiger partial charge is 0.335 e. The zero-order valence-electron chi connectivity index (χ0n) is 12.3. The predicted molar refractivity (Wildman–Crippen MR) is 75.7 cm³/mol. The molecule has 0 fully saturated rings. The topological polar surface area (TPSA) is 75.6 Å². The van der Waals surface area contributed by atoms with Crippen molar-refractivity contribution in [2.75, 3.05) is 6.54 Å². The third-order valence-electron chi connectivity index (χ3n) is 2.68. The highest BCUT2D eigenvalue weighted by Crippen LogP contribution is 2.13. The Balaban J connectivity index is 2.57. The number of carboxylic acids is 1. The number of ether oxygens (including phenoxy) is 1. The number of nitrogens with one attached hydrogen (secondary N) is 1. The summed E-state index contributed by atoms with van der Waals surface area (Å²) in [6.45, 7) is 7.70. The van der Waals surface area contributed by atoms with Crippen molar-refractivity contribution >= 4 is 11.9 Å².